The van der Waals surface area contributed by atoms with Crippen LogP contribution in [0.25, 0.3) is 42.4 Å². The van der Waals surface area contributed by atoms with Crippen LogP contribution in [0.5, 0.6) is 0 Å². The second-order valence-corrected chi connectivity index (χ2v) is 5.75. The minimum atomic E-state index is 0.962. The number of benzene rings is 2. The Balaban J connectivity index is 2.10. The van der Waals surface area contributed by atoms with Crippen LogP contribution >= 0.6 is 11.3 Å². The van der Waals surface area contributed by atoms with E-state index in [1.807, 2.05) is 23.5 Å². The lowest BCUT2D eigenvalue weighted by Crippen LogP contribution is -1.64. The maximum absolute atomic E-state index is 6.01. The van der Waals surface area contributed by atoms with E-state index in [1.165, 1.54) is 25.7 Å². The van der Waals surface area contributed by atoms with Crippen LogP contribution in [0.15, 0.2) is 52.9 Å². The van der Waals surface area contributed by atoms with Gasteiger partial charge in [-0.3, -0.25) is 0 Å². The summed E-state index contributed by atoms with van der Waals surface area (Å²) in [6.07, 6.45) is 0. The van der Waals surface area contributed by atoms with Gasteiger partial charge in [-0.15, -0.1) is 11.3 Å². The van der Waals surface area contributed by atoms with Crippen LogP contribution in [0.4, 0.5) is 0 Å². The molecular weight excluding hydrogens is 254 g/mol. The third-order valence-electron chi connectivity index (χ3n) is 3.64. The van der Waals surface area contributed by atoms with E-state index in [-0.39, 0.29) is 0 Å². The fourth-order valence-corrected chi connectivity index (χ4v) is 4.02. The van der Waals surface area contributed by atoms with E-state index < -0.39 is 0 Å². The summed E-state index contributed by atoms with van der Waals surface area (Å²) in [5.74, 6) is 0. The molecule has 0 amide bonds. The maximum atomic E-state index is 6.01. The summed E-state index contributed by atoms with van der Waals surface area (Å²) in [4.78, 5) is 3.48. The monoisotopic (exact) mass is 263 g/mol. The third-order valence-corrected chi connectivity index (χ3v) is 4.88. The van der Waals surface area contributed by atoms with Crippen molar-refractivity contribution >= 4 is 53.7 Å². The molecule has 0 spiro atoms. The smallest absolute Gasteiger partial charge is 0.170 e. The van der Waals surface area contributed by atoms with Gasteiger partial charge < -0.3 is 9.40 Å². The quantitative estimate of drug-likeness (QED) is 0.404. The number of para-hydroxylation sites is 2. The Morgan fingerprint density at radius 3 is 2.58 bits per heavy atom. The lowest BCUT2D eigenvalue weighted by molar-refractivity contribution is 0.672. The minimum absolute atomic E-state index is 0.962. The van der Waals surface area contributed by atoms with Crippen LogP contribution in [0, 0.1) is 0 Å². The number of aromatic amines is 1. The standard InChI is InChI=1S/C16H9NOS/c1-3-7-11-9(5-1)15-13(17-11)14-16(19-15)10-6-2-4-8-12(10)18-14/h1-8,17H. The topological polar surface area (TPSA) is 28.9 Å². The number of furan rings is 1. The van der Waals surface area contributed by atoms with Crippen LogP contribution in [0.1, 0.15) is 0 Å². The van der Waals surface area contributed by atoms with Gasteiger partial charge in [0.05, 0.1) is 9.40 Å². The second-order valence-electron chi connectivity index (χ2n) is 4.73. The molecule has 5 aromatic rings. The van der Waals surface area contributed by atoms with E-state index in [0.717, 1.165) is 16.7 Å². The molecule has 90 valence electrons. The first kappa shape index (κ1) is 9.64. The van der Waals surface area contributed by atoms with E-state index in [2.05, 4.69) is 41.4 Å². The molecule has 1 N–H and O–H groups in total. The van der Waals surface area contributed by atoms with E-state index in [9.17, 15) is 0 Å². The Hall–Kier alpha value is -2.26. The molecule has 0 saturated carbocycles. The van der Waals surface area contributed by atoms with Crippen molar-refractivity contribution in [3.05, 3.63) is 48.5 Å². The zero-order chi connectivity index (χ0) is 12.4. The fourth-order valence-electron chi connectivity index (χ4n) is 2.77. The molecule has 3 aromatic heterocycles. The first-order chi connectivity index (χ1) is 9.42. The van der Waals surface area contributed by atoms with E-state index >= 15 is 0 Å². The number of hydrogen-bond acceptors (Lipinski definition) is 2. The first-order valence-electron chi connectivity index (χ1n) is 6.22. The van der Waals surface area contributed by atoms with Crippen molar-refractivity contribution in [2.45, 2.75) is 0 Å². The lowest BCUT2D eigenvalue weighted by Gasteiger charge is -1.86. The van der Waals surface area contributed by atoms with Gasteiger partial charge in [0.25, 0.3) is 0 Å². The molecule has 0 aliphatic carbocycles. The lowest BCUT2D eigenvalue weighted by atomic mass is 10.2. The summed E-state index contributed by atoms with van der Waals surface area (Å²) < 4.78 is 8.54. The second kappa shape index (κ2) is 3.19. The molecule has 0 aliphatic heterocycles. The molecule has 0 atom stereocenters. The summed E-state index contributed by atoms with van der Waals surface area (Å²) in [7, 11) is 0. The van der Waals surface area contributed by atoms with E-state index in [1.54, 1.807) is 0 Å². The van der Waals surface area contributed by atoms with Gasteiger partial charge in [0, 0.05) is 16.3 Å². The number of fused-ring (bicyclic) bond motifs is 7. The van der Waals surface area contributed by atoms with Crippen molar-refractivity contribution < 1.29 is 4.42 Å². The fraction of sp³-hybridized carbons (Fsp3) is 0. The minimum Gasteiger partial charge on any atom is -0.453 e. The number of H-pyrrole nitrogens is 1. The summed E-state index contributed by atoms with van der Waals surface area (Å²) in [5.41, 5.74) is 4.24. The van der Waals surface area contributed by atoms with Crippen molar-refractivity contribution in [2.24, 2.45) is 0 Å². The Bertz CT molecular complexity index is 979. The molecule has 0 saturated heterocycles. The Kier molecular flexibility index (Phi) is 1.62. The highest BCUT2D eigenvalue weighted by Crippen LogP contribution is 2.43. The van der Waals surface area contributed by atoms with E-state index in [0.29, 0.717) is 0 Å². The highest BCUT2D eigenvalue weighted by atomic mass is 32.1. The predicted octanol–water partition coefficient (Wildman–Crippen LogP) is 5.28. The molecule has 5 rings (SSSR count). The molecule has 0 fully saturated rings. The van der Waals surface area contributed by atoms with E-state index in [4.69, 9.17) is 4.42 Å². The molecule has 0 bridgehead atoms. The molecule has 0 aliphatic rings. The van der Waals surface area contributed by atoms with Crippen LogP contribution in [-0.2, 0) is 0 Å². The number of thiophene rings is 1. The number of hydrogen-bond donors (Lipinski definition) is 1. The Morgan fingerprint density at radius 2 is 1.63 bits per heavy atom. The first-order valence-corrected chi connectivity index (χ1v) is 7.04. The highest BCUT2D eigenvalue weighted by Gasteiger charge is 2.16. The van der Waals surface area contributed by atoms with Crippen molar-refractivity contribution in [3.8, 4) is 0 Å². The molecule has 2 aromatic carbocycles. The summed E-state index contributed by atoms with van der Waals surface area (Å²) in [6, 6.07) is 16.6. The number of rotatable bonds is 0. The van der Waals surface area contributed by atoms with Crippen molar-refractivity contribution in [2.75, 3.05) is 0 Å². The van der Waals surface area contributed by atoms with Gasteiger partial charge in [-0.1, -0.05) is 30.3 Å². The van der Waals surface area contributed by atoms with Crippen LogP contribution < -0.4 is 0 Å². The van der Waals surface area contributed by atoms with Gasteiger partial charge in [-0.25, -0.2) is 0 Å². The van der Waals surface area contributed by atoms with Crippen LogP contribution in [0.3, 0.4) is 0 Å². The molecule has 3 heteroatoms. The highest BCUT2D eigenvalue weighted by molar-refractivity contribution is 7.27. The largest absolute Gasteiger partial charge is 0.453 e. The zero-order valence-corrected chi connectivity index (χ0v) is 10.8. The SMILES string of the molecule is c1ccc2c(c1)[nH]c1c3oc4ccccc4c3sc21. The van der Waals surface area contributed by atoms with Gasteiger partial charge >= 0.3 is 0 Å². The number of aromatic nitrogens is 1. The van der Waals surface area contributed by atoms with Gasteiger partial charge in [0.2, 0.25) is 0 Å². The zero-order valence-electron chi connectivity index (χ0n) is 9.94. The van der Waals surface area contributed by atoms with Gasteiger partial charge in [-0.05, 0) is 18.2 Å². The van der Waals surface area contributed by atoms with Crippen LogP contribution in [-0.4, -0.2) is 4.98 Å². The Morgan fingerprint density at radius 1 is 0.842 bits per heavy atom. The number of nitrogens with one attached hydrogen (secondary N) is 1. The predicted molar refractivity (Wildman–Crippen MR) is 81.0 cm³/mol. The molecule has 0 radical (unpaired) electrons. The molecule has 19 heavy (non-hydrogen) atoms. The summed E-state index contributed by atoms with van der Waals surface area (Å²) >= 11 is 1.81. The molecule has 3 heterocycles. The molecule has 2 nitrogen and oxygen atoms in total. The summed E-state index contributed by atoms with van der Waals surface area (Å²) in [6.45, 7) is 0. The van der Waals surface area contributed by atoms with Crippen LogP contribution in [0.2, 0.25) is 0 Å². The third kappa shape index (κ3) is 1.11. The summed E-state index contributed by atoms with van der Waals surface area (Å²) in [5, 5.41) is 2.48. The maximum Gasteiger partial charge on any atom is 0.170 e. The van der Waals surface area contributed by atoms with Gasteiger partial charge in [0.15, 0.2) is 5.58 Å². The van der Waals surface area contributed by atoms with Crippen molar-refractivity contribution in [1.29, 1.82) is 0 Å². The molecule has 0 unspecified atom stereocenters. The van der Waals surface area contributed by atoms with Crippen molar-refractivity contribution in [3.63, 3.8) is 0 Å². The molecular formula is C16H9NOS. The van der Waals surface area contributed by atoms with Gasteiger partial charge in [0.1, 0.15) is 11.1 Å². The van der Waals surface area contributed by atoms with Gasteiger partial charge in [-0.2, -0.15) is 0 Å². The average molecular weight is 263 g/mol. The Labute approximate surface area is 112 Å². The normalized spacial score (nSPS) is 12.2. The average Bonchev–Trinajstić information content (AvgIpc) is 3.07. The van der Waals surface area contributed by atoms with Crippen molar-refractivity contribution in [1.82, 2.24) is 4.98 Å².